The molecule has 1 fully saturated rings. The van der Waals surface area contributed by atoms with Gasteiger partial charge in [0.2, 0.25) is 5.91 Å². The van der Waals surface area contributed by atoms with Gasteiger partial charge in [-0.1, -0.05) is 15.9 Å². The zero-order chi connectivity index (χ0) is 14.1. The van der Waals surface area contributed by atoms with Crippen molar-refractivity contribution in [2.75, 3.05) is 6.54 Å². The van der Waals surface area contributed by atoms with E-state index in [0.717, 1.165) is 34.2 Å². The Labute approximate surface area is 130 Å². The summed E-state index contributed by atoms with van der Waals surface area (Å²) in [5.41, 5.74) is 1.97. The largest absolute Gasteiger partial charge is 0.354 e. The molecule has 1 saturated carbocycles. The molecule has 1 N–H and O–H groups in total. The van der Waals surface area contributed by atoms with Gasteiger partial charge in [0, 0.05) is 23.5 Å². The topological polar surface area (TPSA) is 46.9 Å². The third-order valence-corrected chi connectivity index (χ3v) is 4.22. The smallest absolute Gasteiger partial charge is 0.223 e. The van der Waals surface area contributed by atoms with Crippen molar-refractivity contribution in [3.05, 3.63) is 28.5 Å². The molecule has 3 rings (SSSR count). The van der Waals surface area contributed by atoms with Crippen LogP contribution in [0.4, 0.5) is 0 Å². The zero-order valence-corrected chi connectivity index (χ0v) is 13.2. The van der Waals surface area contributed by atoms with Gasteiger partial charge in [-0.2, -0.15) is 0 Å². The fourth-order valence-electron chi connectivity index (χ4n) is 2.28. The molecule has 0 aliphatic heterocycles. The Hall–Kier alpha value is -1.07. The number of carbonyl (C=O) groups is 1. The number of imidazole rings is 1. The lowest BCUT2D eigenvalue weighted by molar-refractivity contribution is -0.122. The SMILES string of the molecule is O=C(NCCn1c(CCl)nc2ccc(Br)cc21)C1CC1. The minimum Gasteiger partial charge on any atom is -0.354 e. The van der Waals surface area contributed by atoms with Crippen LogP contribution in [0.3, 0.4) is 0 Å². The van der Waals surface area contributed by atoms with Gasteiger partial charge in [0.25, 0.3) is 0 Å². The quantitative estimate of drug-likeness (QED) is 0.837. The summed E-state index contributed by atoms with van der Waals surface area (Å²) < 4.78 is 3.08. The van der Waals surface area contributed by atoms with Crippen LogP contribution in [0.1, 0.15) is 18.7 Å². The molecule has 0 spiro atoms. The van der Waals surface area contributed by atoms with Gasteiger partial charge in [-0.15, -0.1) is 11.6 Å². The molecule has 1 amide bonds. The fourth-order valence-corrected chi connectivity index (χ4v) is 2.83. The maximum Gasteiger partial charge on any atom is 0.223 e. The van der Waals surface area contributed by atoms with Crippen molar-refractivity contribution >= 4 is 44.5 Å². The lowest BCUT2D eigenvalue weighted by Gasteiger charge is -2.09. The summed E-state index contributed by atoms with van der Waals surface area (Å²) >= 11 is 9.44. The van der Waals surface area contributed by atoms with Gasteiger partial charge in [-0.3, -0.25) is 4.79 Å². The van der Waals surface area contributed by atoms with Gasteiger partial charge in [-0.05, 0) is 31.0 Å². The highest BCUT2D eigenvalue weighted by Crippen LogP contribution is 2.28. The van der Waals surface area contributed by atoms with Crippen LogP contribution in [-0.2, 0) is 17.2 Å². The summed E-state index contributed by atoms with van der Waals surface area (Å²) in [4.78, 5) is 16.2. The van der Waals surface area contributed by atoms with E-state index in [1.54, 1.807) is 0 Å². The molecule has 0 saturated heterocycles. The second-order valence-corrected chi connectivity index (χ2v) is 6.19. The molecule has 1 aromatic heterocycles. The van der Waals surface area contributed by atoms with E-state index >= 15 is 0 Å². The number of halogens is 2. The first-order chi connectivity index (χ1) is 9.69. The lowest BCUT2D eigenvalue weighted by atomic mass is 10.3. The molecular formula is C14H15BrClN3O. The maximum atomic E-state index is 11.6. The number of benzene rings is 1. The molecule has 1 aliphatic rings. The highest BCUT2D eigenvalue weighted by atomic mass is 79.9. The third kappa shape index (κ3) is 2.83. The molecule has 20 heavy (non-hydrogen) atoms. The number of fused-ring (bicyclic) bond motifs is 1. The van der Waals surface area contributed by atoms with Crippen LogP contribution < -0.4 is 5.32 Å². The highest BCUT2D eigenvalue weighted by Gasteiger charge is 2.29. The predicted molar refractivity (Wildman–Crippen MR) is 82.7 cm³/mol. The van der Waals surface area contributed by atoms with Gasteiger partial charge in [-0.25, -0.2) is 4.98 Å². The first-order valence-electron chi connectivity index (χ1n) is 6.67. The lowest BCUT2D eigenvalue weighted by Crippen LogP contribution is -2.28. The van der Waals surface area contributed by atoms with Crippen molar-refractivity contribution in [3.63, 3.8) is 0 Å². The number of carbonyl (C=O) groups excluding carboxylic acids is 1. The second-order valence-electron chi connectivity index (χ2n) is 5.01. The molecule has 106 valence electrons. The molecule has 0 unspecified atom stereocenters. The van der Waals surface area contributed by atoms with E-state index in [9.17, 15) is 4.79 Å². The number of aromatic nitrogens is 2. The molecule has 2 aromatic rings. The summed E-state index contributed by atoms with van der Waals surface area (Å²) in [7, 11) is 0. The summed E-state index contributed by atoms with van der Waals surface area (Å²) in [5.74, 6) is 1.61. The van der Waals surface area contributed by atoms with Crippen molar-refractivity contribution in [1.82, 2.24) is 14.9 Å². The van der Waals surface area contributed by atoms with Crippen LogP contribution in [0.15, 0.2) is 22.7 Å². The van der Waals surface area contributed by atoms with E-state index in [-0.39, 0.29) is 11.8 Å². The molecule has 4 nitrogen and oxygen atoms in total. The summed E-state index contributed by atoms with van der Waals surface area (Å²) in [6.45, 7) is 1.30. The Morgan fingerprint density at radius 2 is 2.30 bits per heavy atom. The van der Waals surface area contributed by atoms with Crippen LogP contribution in [0.2, 0.25) is 0 Å². The first kappa shape index (κ1) is 13.9. The Morgan fingerprint density at radius 3 is 3.00 bits per heavy atom. The van der Waals surface area contributed by atoms with Crippen LogP contribution >= 0.6 is 27.5 Å². The highest BCUT2D eigenvalue weighted by molar-refractivity contribution is 9.10. The predicted octanol–water partition coefficient (Wildman–Crippen LogP) is 3.06. The zero-order valence-electron chi connectivity index (χ0n) is 10.9. The Bertz CT molecular complexity index is 651. The van der Waals surface area contributed by atoms with Crippen LogP contribution in [-0.4, -0.2) is 22.0 Å². The monoisotopic (exact) mass is 355 g/mol. The van der Waals surface area contributed by atoms with E-state index in [1.165, 1.54) is 0 Å². The van der Waals surface area contributed by atoms with Crippen molar-refractivity contribution in [3.8, 4) is 0 Å². The van der Waals surface area contributed by atoms with Crippen molar-refractivity contribution in [2.45, 2.75) is 25.3 Å². The summed E-state index contributed by atoms with van der Waals surface area (Å²) in [5, 5.41) is 2.97. The van der Waals surface area contributed by atoms with Crippen LogP contribution in [0, 0.1) is 5.92 Å². The first-order valence-corrected chi connectivity index (χ1v) is 8.00. The average molecular weight is 357 g/mol. The van der Waals surface area contributed by atoms with Gasteiger partial charge in [0.1, 0.15) is 5.82 Å². The van der Waals surface area contributed by atoms with Crippen LogP contribution in [0.25, 0.3) is 11.0 Å². The summed E-state index contributed by atoms with van der Waals surface area (Å²) in [6, 6.07) is 5.96. The fraction of sp³-hybridized carbons (Fsp3) is 0.429. The number of rotatable bonds is 5. The van der Waals surface area contributed by atoms with Crippen molar-refractivity contribution in [2.24, 2.45) is 5.92 Å². The standard InChI is InChI=1S/C14H15BrClN3O/c15-10-3-4-11-12(7-10)19(13(8-16)18-11)6-5-17-14(20)9-1-2-9/h3-4,7,9H,1-2,5-6,8H2,(H,17,20). The molecule has 0 atom stereocenters. The van der Waals surface area contributed by atoms with Gasteiger partial charge >= 0.3 is 0 Å². The van der Waals surface area contributed by atoms with Gasteiger partial charge in [0.15, 0.2) is 0 Å². The Balaban J connectivity index is 1.77. The normalized spacial score (nSPS) is 14.7. The van der Waals surface area contributed by atoms with E-state index in [2.05, 4.69) is 30.8 Å². The minimum atomic E-state index is 0.169. The second kappa shape index (κ2) is 5.74. The molecular weight excluding hydrogens is 342 g/mol. The van der Waals surface area contributed by atoms with Crippen LogP contribution in [0.5, 0.6) is 0 Å². The average Bonchev–Trinajstić information content (AvgIpc) is 3.23. The maximum absolute atomic E-state index is 11.6. The summed E-state index contributed by atoms with van der Waals surface area (Å²) in [6.07, 6.45) is 2.05. The van der Waals surface area contributed by atoms with E-state index in [4.69, 9.17) is 11.6 Å². The van der Waals surface area contributed by atoms with Gasteiger partial charge in [0.05, 0.1) is 16.9 Å². The Kier molecular flexibility index (Phi) is 3.98. The number of alkyl halides is 1. The number of nitrogens with one attached hydrogen (secondary N) is 1. The van der Waals surface area contributed by atoms with Crippen molar-refractivity contribution in [1.29, 1.82) is 0 Å². The number of hydrogen-bond donors (Lipinski definition) is 1. The van der Waals surface area contributed by atoms with Crippen molar-refractivity contribution < 1.29 is 4.79 Å². The molecule has 0 radical (unpaired) electrons. The van der Waals surface area contributed by atoms with E-state index in [0.29, 0.717) is 19.0 Å². The molecule has 6 heteroatoms. The minimum absolute atomic E-state index is 0.169. The van der Waals surface area contributed by atoms with E-state index < -0.39 is 0 Å². The third-order valence-electron chi connectivity index (χ3n) is 3.49. The van der Waals surface area contributed by atoms with Gasteiger partial charge < -0.3 is 9.88 Å². The number of hydrogen-bond acceptors (Lipinski definition) is 2. The molecule has 0 bridgehead atoms. The molecule has 1 heterocycles. The Morgan fingerprint density at radius 1 is 1.50 bits per heavy atom. The number of amides is 1. The molecule has 1 aliphatic carbocycles. The number of nitrogens with zero attached hydrogens (tertiary/aromatic N) is 2. The molecule has 1 aromatic carbocycles. The van der Waals surface area contributed by atoms with E-state index in [1.807, 2.05) is 18.2 Å².